The molecule has 1 aliphatic rings. The molecule has 2 aromatic rings. The topological polar surface area (TPSA) is 60.5 Å². The van der Waals surface area contributed by atoms with Gasteiger partial charge in [-0.1, -0.05) is 0 Å². The third-order valence-electron chi connectivity index (χ3n) is 4.09. The minimum atomic E-state index is -4.65. The molecule has 29 heavy (non-hydrogen) atoms. The molecule has 0 fully saturated rings. The molecule has 10 heteroatoms. The van der Waals surface area contributed by atoms with Gasteiger partial charge in [-0.3, -0.25) is 9.78 Å². The lowest BCUT2D eigenvalue weighted by atomic mass is 10.1. The fourth-order valence-electron chi connectivity index (χ4n) is 2.54. The number of pyridine rings is 1. The number of aromatic nitrogens is 1. The number of benzene rings is 1. The van der Waals surface area contributed by atoms with Gasteiger partial charge < -0.3 is 14.8 Å². The van der Waals surface area contributed by atoms with Gasteiger partial charge in [0.15, 0.2) is 11.5 Å². The minimum Gasteiger partial charge on any atom is -0.493 e. The highest BCUT2D eigenvalue weighted by Crippen LogP contribution is 2.42. The number of alkyl halides is 4. The molecule has 0 radical (unpaired) electrons. The summed E-state index contributed by atoms with van der Waals surface area (Å²) >= 11 is 1.19. The van der Waals surface area contributed by atoms with Crippen LogP contribution >= 0.6 is 11.8 Å². The summed E-state index contributed by atoms with van der Waals surface area (Å²) < 4.78 is 60.6. The van der Waals surface area contributed by atoms with E-state index in [2.05, 4.69) is 15.0 Å². The van der Waals surface area contributed by atoms with Gasteiger partial charge in [0.1, 0.15) is 0 Å². The Bertz CT molecular complexity index is 966. The van der Waals surface area contributed by atoms with Crippen LogP contribution in [-0.4, -0.2) is 36.3 Å². The second-order valence-electron chi connectivity index (χ2n) is 6.11. The van der Waals surface area contributed by atoms with Crippen LogP contribution < -0.4 is 14.8 Å². The van der Waals surface area contributed by atoms with Gasteiger partial charge in [-0.25, -0.2) is 0 Å². The standard InChI is InChI=1S/C19H16F4N2O3S/c1-10-3-4-24-8-13(10)25-17(26)12-5-11-6-14(27-2)15(7-16(11)29-9-12)28-19(22,23)18(20)21/h3-8,18H,9H2,1-2H3,(H,25,26). The molecule has 1 aromatic heterocycles. The Morgan fingerprint density at radius 2 is 2.07 bits per heavy atom. The van der Waals surface area contributed by atoms with Crippen LogP contribution in [0.5, 0.6) is 11.5 Å². The van der Waals surface area contributed by atoms with Gasteiger partial charge in [0.05, 0.1) is 19.0 Å². The molecule has 1 N–H and O–H groups in total. The van der Waals surface area contributed by atoms with E-state index in [4.69, 9.17) is 4.74 Å². The quantitative estimate of drug-likeness (QED) is 0.672. The van der Waals surface area contributed by atoms with Crippen molar-refractivity contribution in [3.63, 3.8) is 0 Å². The maximum Gasteiger partial charge on any atom is 0.461 e. The highest BCUT2D eigenvalue weighted by atomic mass is 32.2. The lowest BCUT2D eigenvalue weighted by molar-refractivity contribution is -0.253. The lowest BCUT2D eigenvalue weighted by Gasteiger charge is -2.22. The molecule has 0 aliphatic carbocycles. The highest BCUT2D eigenvalue weighted by Gasteiger charge is 2.44. The molecule has 0 saturated carbocycles. The van der Waals surface area contributed by atoms with Gasteiger partial charge in [-0.05, 0) is 42.3 Å². The van der Waals surface area contributed by atoms with E-state index in [1.807, 2.05) is 6.92 Å². The Hall–Kier alpha value is -2.75. The van der Waals surface area contributed by atoms with E-state index in [1.54, 1.807) is 18.3 Å². The monoisotopic (exact) mass is 428 g/mol. The number of fused-ring (bicyclic) bond motifs is 1. The van der Waals surface area contributed by atoms with Crippen molar-refractivity contribution in [3.05, 3.63) is 47.3 Å². The molecule has 0 bridgehead atoms. The number of rotatable bonds is 6. The van der Waals surface area contributed by atoms with Crippen LogP contribution in [0.3, 0.4) is 0 Å². The summed E-state index contributed by atoms with van der Waals surface area (Å²) in [5, 5.41) is 2.77. The summed E-state index contributed by atoms with van der Waals surface area (Å²) in [6, 6.07) is 4.32. The third-order valence-corrected chi connectivity index (χ3v) is 5.21. The second-order valence-corrected chi connectivity index (χ2v) is 7.13. The lowest BCUT2D eigenvalue weighted by Crippen LogP contribution is -2.33. The van der Waals surface area contributed by atoms with Crippen LogP contribution in [0.4, 0.5) is 23.2 Å². The van der Waals surface area contributed by atoms with E-state index in [1.165, 1.54) is 37.2 Å². The van der Waals surface area contributed by atoms with Crippen LogP contribution in [-0.2, 0) is 4.79 Å². The zero-order chi connectivity index (χ0) is 21.2. The van der Waals surface area contributed by atoms with Crippen molar-refractivity contribution in [3.8, 4) is 11.5 Å². The van der Waals surface area contributed by atoms with Gasteiger partial charge in [0.25, 0.3) is 5.91 Å². The Morgan fingerprint density at radius 3 is 2.72 bits per heavy atom. The number of halogens is 4. The fourth-order valence-corrected chi connectivity index (χ4v) is 3.54. The zero-order valence-electron chi connectivity index (χ0n) is 15.3. The van der Waals surface area contributed by atoms with Crippen molar-refractivity contribution >= 4 is 29.4 Å². The van der Waals surface area contributed by atoms with Crippen molar-refractivity contribution in [2.45, 2.75) is 24.4 Å². The average molecular weight is 428 g/mol. The first kappa shape index (κ1) is 21.0. The minimum absolute atomic E-state index is 0.148. The number of hydrogen-bond donors (Lipinski definition) is 1. The van der Waals surface area contributed by atoms with Crippen LogP contribution in [0, 0.1) is 6.92 Å². The molecule has 1 amide bonds. The number of hydrogen-bond acceptors (Lipinski definition) is 5. The number of methoxy groups -OCH3 is 1. The molecular formula is C19H16F4N2O3S. The van der Waals surface area contributed by atoms with Crippen molar-refractivity contribution in [1.29, 1.82) is 0 Å². The maximum absolute atomic E-state index is 13.3. The summed E-state index contributed by atoms with van der Waals surface area (Å²) in [7, 11) is 1.20. The van der Waals surface area contributed by atoms with E-state index in [0.717, 1.165) is 5.56 Å². The Labute approximate surface area is 168 Å². The summed E-state index contributed by atoms with van der Waals surface area (Å²) in [6.07, 6.45) is -3.90. The van der Waals surface area contributed by atoms with Gasteiger partial charge >= 0.3 is 12.5 Å². The Kier molecular flexibility index (Phi) is 6.02. The van der Waals surface area contributed by atoms with Crippen LogP contribution in [0.15, 0.2) is 41.1 Å². The summed E-state index contributed by atoms with van der Waals surface area (Å²) in [4.78, 5) is 17.0. The van der Waals surface area contributed by atoms with Crippen molar-refractivity contribution in [1.82, 2.24) is 4.98 Å². The summed E-state index contributed by atoms with van der Waals surface area (Å²) in [6.45, 7) is 1.83. The van der Waals surface area contributed by atoms with Crippen LogP contribution in [0.25, 0.3) is 6.08 Å². The number of aryl methyl sites for hydroxylation is 1. The Balaban J connectivity index is 1.87. The number of carbonyl (C=O) groups is 1. The van der Waals surface area contributed by atoms with Crippen molar-refractivity contribution in [2.24, 2.45) is 0 Å². The van der Waals surface area contributed by atoms with Gasteiger partial charge in [0, 0.05) is 22.4 Å². The molecule has 5 nitrogen and oxygen atoms in total. The van der Waals surface area contributed by atoms with Gasteiger partial charge in [-0.2, -0.15) is 17.6 Å². The third kappa shape index (κ3) is 4.64. The predicted molar refractivity (Wildman–Crippen MR) is 101 cm³/mol. The number of amides is 1. The number of nitrogens with zero attached hydrogens (tertiary/aromatic N) is 1. The summed E-state index contributed by atoms with van der Waals surface area (Å²) in [5.41, 5.74) is 2.39. The van der Waals surface area contributed by atoms with Crippen LogP contribution in [0.1, 0.15) is 11.1 Å². The molecular weight excluding hydrogens is 412 g/mol. The van der Waals surface area contributed by atoms with E-state index in [-0.39, 0.29) is 17.4 Å². The van der Waals surface area contributed by atoms with Gasteiger partial charge in [0.2, 0.25) is 0 Å². The van der Waals surface area contributed by atoms with E-state index >= 15 is 0 Å². The molecule has 1 aliphatic heterocycles. The van der Waals surface area contributed by atoms with Gasteiger partial charge in [-0.15, -0.1) is 11.8 Å². The molecule has 0 spiro atoms. The molecule has 1 aromatic carbocycles. The SMILES string of the molecule is COc1cc2c(cc1OC(F)(F)C(F)F)SCC(C(=O)Nc1cnccc1C)=C2. The maximum atomic E-state index is 13.3. The van der Waals surface area contributed by atoms with Crippen molar-refractivity contribution in [2.75, 3.05) is 18.2 Å². The normalized spacial score (nSPS) is 13.6. The largest absolute Gasteiger partial charge is 0.493 e. The van der Waals surface area contributed by atoms with E-state index in [0.29, 0.717) is 21.7 Å². The van der Waals surface area contributed by atoms with Crippen LogP contribution in [0.2, 0.25) is 0 Å². The second kappa shape index (κ2) is 8.32. The summed E-state index contributed by atoms with van der Waals surface area (Å²) in [5.74, 6) is -0.723. The number of ether oxygens (including phenoxy) is 2. The molecule has 3 rings (SSSR count). The fraction of sp³-hybridized carbons (Fsp3) is 0.263. The van der Waals surface area contributed by atoms with E-state index < -0.39 is 18.3 Å². The molecule has 0 saturated heterocycles. The first-order valence-corrected chi connectivity index (χ1v) is 9.32. The first-order valence-electron chi connectivity index (χ1n) is 8.33. The number of nitrogens with one attached hydrogen (secondary N) is 1. The molecule has 0 atom stereocenters. The molecule has 154 valence electrons. The number of carbonyl (C=O) groups excluding carboxylic acids is 1. The number of anilines is 1. The smallest absolute Gasteiger partial charge is 0.461 e. The molecule has 2 heterocycles. The zero-order valence-corrected chi connectivity index (χ0v) is 16.2. The predicted octanol–water partition coefficient (Wildman–Crippen LogP) is 4.76. The molecule has 0 unspecified atom stereocenters. The van der Waals surface area contributed by atoms with E-state index in [9.17, 15) is 22.4 Å². The highest BCUT2D eigenvalue weighted by molar-refractivity contribution is 7.99. The Morgan fingerprint density at radius 1 is 1.31 bits per heavy atom. The first-order chi connectivity index (χ1) is 13.7. The average Bonchev–Trinajstić information content (AvgIpc) is 2.68. The van der Waals surface area contributed by atoms with Crippen molar-refractivity contribution < 1.29 is 31.8 Å². The number of thioether (sulfide) groups is 1.